The number of ether oxygens (including phenoxy) is 1. The standard InChI is InChI=1S/C18H23NO4/c20-17(13-6-7-14(12-13)18(21)22)19-10-8-16(9-11-19)23-15-4-2-1-3-5-15/h1-5,13-14,16H,6-12H2,(H,21,22)/t13-,14+/m0/s1. The summed E-state index contributed by atoms with van der Waals surface area (Å²) in [6.07, 6.45) is 3.63. The first kappa shape index (κ1) is 15.8. The maximum Gasteiger partial charge on any atom is 0.306 e. The summed E-state index contributed by atoms with van der Waals surface area (Å²) >= 11 is 0. The van der Waals surface area contributed by atoms with Gasteiger partial charge in [0.05, 0.1) is 5.92 Å². The number of rotatable bonds is 4. The van der Waals surface area contributed by atoms with E-state index < -0.39 is 5.97 Å². The van der Waals surface area contributed by atoms with Crippen molar-refractivity contribution in [1.29, 1.82) is 0 Å². The summed E-state index contributed by atoms with van der Waals surface area (Å²) in [6.45, 7) is 1.40. The molecule has 3 rings (SSSR count). The van der Waals surface area contributed by atoms with E-state index in [0.29, 0.717) is 32.4 Å². The number of hydrogen-bond donors (Lipinski definition) is 1. The zero-order valence-electron chi connectivity index (χ0n) is 13.2. The van der Waals surface area contributed by atoms with E-state index >= 15 is 0 Å². The van der Waals surface area contributed by atoms with Crippen molar-refractivity contribution in [3.63, 3.8) is 0 Å². The number of benzene rings is 1. The molecule has 1 aliphatic carbocycles. The number of carbonyl (C=O) groups is 2. The molecule has 2 aliphatic rings. The first-order valence-corrected chi connectivity index (χ1v) is 8.37. The highest BCUT2D eigenvalue weighted by Gasteiger charge is 2.36. The van der Waals surface area contributed by atoms with Gasteiger partial charge >= 0.3 is 5.97 Å². The van der Waals surface area contributed by atoms with Crippen LogP contribution in [0, 0.1) is 11.8 Å². The summed E-state index contributed by atoms with van der Waals surface area (Å²) < 4.78 is 5.94. The molecule has 1 amide bonds. The van der Waals surface area contributed by atoms with Gasteiger partial charge in [0.15, 0.2) is 0 Å². The van der Waals surface area contributed by atoms with Gasteiger partial charge in [-0.05, 0) is 31.4 Å². The second-order valence-electron chi connectivity index (χ2n) is 6.50. The molecular weight excluding hydrogens is 294 g/mol. The average Bonchev–Trinajstić information content (AvgIpc) is 3.06. The van der Waals surface area contributed by atoms with E-state index in [0.717, 1.165) is 18.6 Å². The number of carboxylic acids is 1. The molecule has 5 heteroatoms. The lowest BCUT2D eigenvalue weighted by Gasteiger charge is -2.33. The summed E-state index contributed by atoms with van der Waals surface area (Å²) in [6, 6.07) is 9.75. The van der Waals surface area contributed by atoms with Gasteiger partial charge in [0, 0.05) is 31.8 Å². The number of para-hydroxylation sites is 1. The second-order valence-corrected chi connectivity index (χ2v) is 6.50. The lowest BCUT2D eigenvalue weighted by Crippen LogP contribution is -2.44. The molecule has 1 heterocycles. The van der Waals surface area contributed by atoms with Gasteiger partial charge in [-0.25, -0.2) is 0 Å². The van der Waals surface area contributed by atoms with E-state index in [1.807, 2.05) is 35.2 Å². The number of carbonyl (C=O) groups excluding carboxylic acids is 1. The number of piperidine rings is 1. The summed E-state index contributed by atoms with van der Waals surface area (Å²) in [5.74, 6) is -0.217. The second kappa shape index (κ2) is 7.02. The number of nitrogens with zero attached hydrogens (tertiary/aromatic N) is 1. The zero-order chi connectivity index (χ0) is 16.2. The molecule has 1 N–H and O–H groups in total. The minimum absolute atomic E-state index is 0.109. The number of hydrogen-bond acceptors (Lipinski definition) is 3. The quantitative estimate of drug-likeness (QED) is 0.927. The van der Waals surface area contributed by atoms with E-state index in [-0.39, 0.29) is 23.8 Å². The molecule has 0 unspecified atom stereocenters. The first-order chi connectivity index (χ1) is 11.1. The molecule has 0 radical (unpaired) electrons. The molecule has 0 aromatic heterocycles. The van der Waals surface area contributed by atoms with Gasteiger partial charge < -0.3 is 14.7 Å². The number of likely N-dealkylation sites (tertiary alicyclic amines) is 1. The van der Waals surface area contributed by atoms with Gasteiger partial charge in [-0.3, -0.25) is 9.59 Å². The van der Waals surface area contributed by atoms with Crippen molar-refractivity contribution in [2.24, 2.45) is 11.8 Å². The largest absolute Gasteiger partial charge is 0.490 e. The van der Waals surface area contributed by atoms with Crippen LogP contribution in [0.25, 0.3) is 0 Å². The highest BCUT2D eigenvalue weighted by molar-refractivity contribution is 5.81. The van der Waals surface area contributed by atoms with Crippen LogP contribution in [0.5, 0.6) is 5.75 Å². The Kier molecular flexibility index (Phi) is 4.84. The molecule has 2 fully saturated rings. The van der Waals surface area contributed by atoms with Crippen molar-refractivity contribution < 1.29 is 19.4 Å². The molecule has 1 saturated heterocycles. The Morgan fingerprint density at radius 1 is 1.00 bits per heavy atom. The normalized spacial score (nSPS) is 25.3. The molecule has 0 spiro atoms. The number of carboxylic acid groups (broad SMARTS) is 1. The Balaban J connectivity index is 1.47. The predicted molar refractivity (Wildman–Crippen MR) is 85.1 cm³/mol. The maximum absolute atomic E-state index is 12.5. The SMILES string of the molecule is O=C(O)[C@@H]1CC[C@H](C(=O)N2CCC(Oc3ccccc3)CC2)C1. The van der Waals surface area contributed by atoms with Crippen molar-refractivity contribution in [1.82, 2.24) is 4.90 Å². The van der Waals surface area contributed by atoms with Crippen molar-refractivity contribution in [3.05, 3.63) is 30.3 Å². The number of aliphatic carboxylic acids is 1. The fourth-order valence-corrected chi connectivity index (χ4v) is 3.57. The fraction of sp³-hybridized carbons (Fsp3) is 0.556. The van der Waals surface area contributed by atoms with E-state index in [4.69, 9.17) is 9.84 Å². The molecule has 1 aliphatic heterocycles. The van der Waals surface area contributed by atoms with Crippen LogP contribution in [-0.2, 0) is 9.59 Å². The predicted octanol–water partition coefficient (Wildman–Crippen LogP) is 2.56. The lowest BCUT2D eigenvalue weighted by molar-refractivity contribution is -0.141. The minimum atomic E-state index is -0.768. The van der Waals surface area contributed by atoms with Gasteiger partial charge in [-0.2, -0.15) is 0 Å². The van der Waals surface area contributed by atoms with E-state index in [1.54, 1.807) is 0 Å². The highest BCUT2D eigenvalue weighted by Crippen LogP contribution is 2.33. The molecular formula is C18H23NO4. The fourth-order valence-electron chi connectivity index (χ4n) is 3.57. The van der Waals surface area contributed by atoms with Gasteiger partial charge in [-0.1, -0.05) is 18.2 Å². The highest BCUT2D eigenvalue weighted by atomic mass is 16.5. The van der Waals surface area contributed by atoms with Gasteiger partial charge in [0.1, 0.15) is 11.9 Å². The summed E-state index contributed by atoms with van der Waals surface area (Å²) in [5, 5.41) is 9.06. The Morgan fingerprint density at radius 2 is 1.65 bits per heavy atom. The number of amides is 1. The molecule has 124 valence electrons. The van der Waals surface area contributed by atoms with Crippen LogP contribution in [0.4, 0.5) is 0 Å². The first-order valence-electron chi connectivity index (χ1n) is 8.37. The van der Waals surface area contributed by atoms with Crippen LogP contribution in [0.1, 0.15) is 32.1 Å². The molecule has 1 saturated carbocycles. The van der Waals surface area contributed by atoms with Crippen LogP contribution in [-0.4, -0.2) is 41.1 Å². The minimum Gasteiger partial charge on any atom is -0.490 e. The lowest BCUT2D eigenvalue weighted by atomic mass is 10.0. The third-order valence-corrected chi connectivity index (χ3v) is 4.93. The van der Waals surface area contributed by atoms with Gasteiger partial charge in [0.2, 0.25) is 5.91 Å². The topological polar surface area (TPSA) is 66.8 Å². The molecule has 5 nitrogen and oxygen atoms in total. The third kappa shape index (κ3) is 3.84. The van der Waals surface area contributed by atoms with Crippen LogP contribution < -0.4 is 4.74 Å². The maximum atomic E-state index is 12.5. The molecule has 2 atom stereocenters. The summed E-state index contributed by atoms with van der Waals surface area (Å²) in [4.78, 5) is 25.4. The monoisotopic (exact) mass is 317 g/mol. The van der Waals surface area contributed by atoms with Crippen molar-refractivity contribution in [2.45, 2.75) is 38.2 Å². The van der Waals surface area contributed by atoms with Crippen molar-refractivity contribution in [3.8, 4) is 5.75 Å². The zero-order valence-corrected chi connectivity index (χ0v) is 13.2. The Bertz CT molecular complexity index is 551. The van der Waals surface area contributed by atoms with Crippen molar-refractivity contribution >= 4 is 11.9 Å². The molecule has 1 aromatic rings. The van der Waals surface area contributed by atoms with Gasteiger partial charge in [-0.15, -0.1) is 0 Å². The van der Waals surface area contributed by atoms with Gasteiger partial charge in [0.25, 0.3) is 0 Å². The molecule has 1 aromatic carbocycles. The third-order valence-electron chi connectivity index (χ3n) is 4.93. The Hall–Kier alpha value is -2.04. The van der Waals surface area contributed by atoms with Crippen molar-refractivity contribution in [2.75, 3.05) is 13.1 Å². The van der Waals surface area contributed by atoms with E-state index in [1.165, 1.54) is 0 Å². The average molecular weight is 317 g/mol. The Morgan fingerprint density at radius 3 is 2.26 bits per heavy atom. The van der Waals surface area contributed by atoms with Crippen LogP contribution in [0.2, 0.25) is 0 Å². The summed E-state index contributed by atoms with van der Waals surface area (Å²) in [5.41, 5.74) is 0. The summed E-state index contributed by atoms with van der Waals surface area (Å²) in [7, 11) is 0. The smallest absolute Gasteiger partial charge is 0.306 e. The van der Waals surface area contributed by atoms with Crippen LogP contribution in [0.3, 0.4) is 0 Å². The van der Waals surface area contributed by atoms with Crippen LogP contribution >= 0.6 is 0 Å². The van der Waals surface area contributed by atoms with E-state index in [2.05, 4.69) is 0 Å². The van der Waals surface area contributed by atoms with Crippen LogP contribution in [0.15, 0.2) is 30.3 Å². The molecule has 23 heavy (non-hydrogen) atoms. The Labute approximate surface area is 136 Å². The van der Waals surface area contributed by atoms with E-state index in [9.17, 15) is 9.59 Å². The molecule has 0 bridgehead atoms.